The van der Waals surface area contributed by atoms with Crippen LogP contribution in [0.3, 0.4) is 0 Å². The van der Waals surface area contributed by atoms with Crippen molar-refractivity contribution in [3.63, 3.8) is 0 Å². The van der Waals surface area contributed by atoms with E-state index in [0.29, 0.717) is 12.0 Å². The molecule has 1 spiro atoms. The average Bonchev–Trinajstić information content (AvgIpc) is 2.40. The Morgan fingerprint density at radius 3 is 2.84 bits per heavy atom. The summed E-state index contributed by atoms with van der Waals surface area (Å²) >= 11 is 0. The molecule has 1 aromatic carbocycles. The van der Waals surface area contributed by atoms with E-state index in [1.165, 1.54) is 12.5 Å². The third kappa shape index (κ3) is 2.67. The average molecular weight is 264 g/mol. The van der Waals surface area contributed by atoms with Gasteiger partial charge in [-0.3, -0.25) is 0 Å². The van der Waals surface area contributed by atoms with Crippen molar-refractivity contribution in [2.24, 2.45) is 5.92 Å². The van der Waals surface area contributed by atoms with Crippen LogP contribution in [0.4, 0.5) is 4.39 Å². The molecule has 1 saturated carbocycles. The summed E-state index contributed by atoms with van der Waals surface area (Å²) in [7, 11) is 0. The van der Waals surface area contributed by atoms with Crippen molar-refractivity contribution < 1.29 is 14.2 Å². The van der Waals surface area contributed by atoms with E-state index in [9.17, 15) is 9.50 Å². The summed E-state index contributed by atoms with van der Waals surface area (Å²) in [4.78, 5) is 0. The van der Waals surface area contributed by atoms with E-state index >= 15 is 0 Å². The second-order valence-corrected chi connectivity index (χ2v) is 6.00. The van der Waals surface area contributed by atoms with E-state index in [2.05, 4.69) is 0 Å². The van der Waals surface area contributed by atoms with E-state index in [1.807, 2.05) is 6.07 Å². The van der Waals surface area contributed by atoms with Crippen LogP contribution in [0.15, 0.2) is 24.3 Å². The lowest BCUT2D eigenvalue weighted by molar-refractivity contribution is -0.156. The molecule has 0 bridgehead atoms. The van der Waals surface area contributed by atoms with Gasteiger partial charge in [0.25, 0.3) is 0 Å². The molecule has 1 aliphatic carbocycles. The van der Waals surface area contributed by atoms with E-state index in [-0.39, 0.29) is 17.3 Å². The summed E-state index contributed by atoms with van der Waals surface area (Å²) < 4.78 is 19.5. The molecule has 1 aliphatic heterocycles. The van der Waals surface area contributed by atoms with Gasteiger partial charge in [0.15, 0.2) is 0 Å². The Bertz CT molecular complexity index is 442. The molecular formula is C16H21FO2. The Balaban J connectivity index is 1.64. The van der Waals surface area contributed by atoms with E-state index in [4.69, 9.17) is 4.74 Å². The van der Waals surface area contributed by atoms with Crippen LogP contribution in [0.25, 0.3) is 0 Å². The molecule has 104 valence electrons. The van der Waals surface area contributed by atoms with Crippen LogP contribution in [0, 0.1) is 11.7 Å². The van der Waals surface area contributed by atoms with Crippen LogP contribution < -0.4 is 0 Å². The maximum Gasteiger partial charge on any atom is 0.126 e. The van der Waals surface area contributed by atoms with Crippen LogP contribution >= 0.6 is 0 Å². The fourth-order valence-electron chi connectivity index (χ4n) is 3.37. The molecule has 19 heavy (non-hydrogen) atoms. The highest BCUT2D eigenvalue weighted by atomic mass is 19.1. The van der Waals surface area contributed by atoms with Gasteiger partial charge in [0, 0.05) is 13.0 Å². The summed E-state index contributed by atoms with van der Waals surface area (Å²) in [6, 6.07) is 6.72. The first kappa shape index (κ1) is 13.1. The lowest BCUT2D eigenvalue weighted by Crippen LogP contribution is -2.48. The molecule has 2 aliphatic rings. The molecule has 2 nitrogen and oxygen atoms in total. The SMILES string of the molecule is OC(Cc1ccccc1F)C1CCOC2(CCC2)C1. The highest BCUT2D eigenvalue weighted by molar-refractivity contribution is 5.18. The molecule has 1 heterocycles. The number of rotatable bonds is 3. The Labute approximate surface area is 113 Å². The van der Waals surface area contributed by atoms with Crippen molar-refractivity contribution >= 4 is 0 Å². The van der Waals surface area contributed by atoms with Crippen LogP contribution in [-0.2, 0) is 11.2 Å². The third-order valence-corrected chi connectivity index (χ3v) is 4.73. The van der Waals surface area contributed by atoms with Gasteiger partial charge in [0.1, 0.15) is 5.82 Å². The van der Waals surface area contributed by atoms with Crippen molar-refractivity contribution in [1.82, 2.24) is 0 Å². The van der Waals surface area contributed by atoms with Gasteiger partial charge in [-0.25, -0.2) is 4.39 Å². The molecular weight excluding hydrogens is 243 g/mol. The number of aliphatic hydroxyl groups excluding tert-OH is 1. The molecule has 1 aromatic rings. The predicted octanol–water partition coefficient (Wildman–Crippen LogP) is 3.08. The summed E-state index contributed by atoms with van der Waals surface area (Å²) in [5, 5.41) is 10.4. The minimum Gasteiger partial charge on any atom is -0.392 e. The Morgan fingerprint density at radius 1 is 1.37 bits per heavy atom. The fraction of sp³-hybridized carbons (Fsp3) is 0.625. The van der Waals surface area contributed by atoms with Gasteiger partial charge < -0.3 is 9.84 Å². The molecule has 0 amide bonds. The van der Waals surface area contributed by atoms with Gasteiger partial charge >= 0.3 is 0 Å². The van der Waals surface area contributed by atoms with Crippen molar-refractivity contribution in [2.45, 2.75) is 50.2 Å². The molecule has 0 aromatic heterocycles. The minimum absolute atomic E-state index is 0.0408. The number of hydrogen-bond acceptors (Lipinski definition) is 2. The van der Waals surface area contributed by atoms with E-state index in [0.717, 1.165) is 32.3 Å². The van der Waals surface area contributed by atoms with Gasteiger partial charge in [0.2, 0.25) is 0 Å². The molecule has 3 rings (SSSR count). The van der Waals surface area contributed by atoms with Gasteiger partial charge in [0.05, 0.1) is 11.7 Å². The smallest absolute Gasteiger partial charge is 0.126 e. The normalized spacial score (nSPS) is 26.9. The Hall–Kier alpha value is -0.930. The number of benzene rings is 1. The third-order valence-electron chi connectivity index (χ3n) is 4.73. The lowest BCUT2D eigenvalue weighted by atomic mass is 9.70. The van der Waals surface area contributed by atoms with Crippen molar-refractivity contribution in [2.75, 3.05) is 6.61 Å². The lowest BCUT2D eigenvalue weighted by Gasteiger charge is -2.48. The number of ether oxygens (including phenoxy) is 1. The molecule has 2 unspecified atom stereocenters. The topological polar surface area (TPSA) is 29.5 Å². The Morgan fingerprint density at radius 2 is 2.16 bits per heavy atom. The molecule has 1 N–H and O–H groups in total. The van der Waals surface area contributed by atoms with E-state index in [1.54, 1.807) is 12.1 Å². The van der Waals surface area contributed by atoms with Crippen molar-refractivity contribution in [3.8, 4) is 0 Å². The molecule has 2 atom stereocenters. The van der Waals surface area contributed by atoms with Gasteiger partial charge in [-0.15, -0.1) is 0 Å². The first-order valence-electron chi connectivity index (χ1n) is 7.24. The minimum atomic E-state index is -0.460. The standard InChI is InChI=1S/C16H21FO2/c17-14-5-2-1-4-12(14)10-15(18)13-6-9-19-16(11-13)7-3-8-16/h1-2,4-5,13,15,18H,3,6-11H2. The number of hydrogen-bond donors (Lipinski definition) is 1. The van der Waals surface area contributed by atoms with Gasteiger partial charge in [-0.05, 0) is 49.7 Å². The molecule has 1 saturated heterocycles. The number of aliphatic hydroxyl groups is 1. The highest BCUT2D eigenvalue weighted by Crippen LogP contribution is 2.45. The van der Waals surface area contributed by atoms with Crippen LogP contribution in [0.5, 0.6) is 0 Å². The second kappa shape index (κ2) is 5.22. The fourth-order valence-corrected chi connectivity index (χ4v) is 3.37. The monoisotopic (exact) mass is 264 g/mol. The molecule has 0 radical (unpaired) electrons. The Kier molecular flexibility index (Phi) is 3.59. The molecule has 2 fully saturated rings. The predicted molar refractivity (Wildman–Crippen MR) is 71.4 cm³/mol. The first-order valence-corrected chi connectivity index (χ1v) is 7.24. The first-order chi connectivity index (χ1) is 9.19. The zero-order valence-electron chi connectivity index (χ0n) is 11.1. The maximum absolute atomic E-state index is 13.6. The quantitative estimate of drug-likeness (QED) is 0.909. The summed E-state index contributed by atoms with van der Waals surface area (Å²) in [6.07, 6.45) is 5.24. The van der Waals surface area contributed by atoms with Crippen LogP contribution in [0.2, 0.25) is 0 Å². The molecule has 3 heteroatoms. The van der Waals surface area contributed by atoms with Crippen LogP contribution in [0.1, 0.15) is 37.7 Å². The summed E-state index contributed by atoms with van der Waals surface area (Å²) in [5.74, 6) is 0.0284. The maximum atomic E-state index is 13.6. The summed E-state index contributed by atoms with van der Waals surface area (Å²) in [6.45, 7) is 0.735. The summed E-state index contributed by atoms with van der Waals surface area (Å²) in [5.41, 5.74) is 0.656. The van der Waals surface area contributed by atoms with Gasteiger partial charge in [-0.1, -0.05) is 18.2 Å². The second-order valence-electron chi connectivity index (χ2n) is 6.00. The van der Waals surface area contributed by atoms with Gasteiger partial charge in [-0.2, -0.15) is 0 Å². The largest absolute Gasteiger partial charge is 0.392 e. The highest BCUT2D eigenvalue weighted by Gasteiger charge is 2.44. The zero-order valence-corrected chi connectivity index (χ0v) is 11.1. The van der Waals surface area contributed by atoms with E-state index < -0.39 is 6.10 Å². The number of halogens is 1. The van der Waals surface area contributed by atoms with Crippen molar-refractivity contribution in [1.29, 1.82) is 0 Å². The van der Waals surface area contributed by atoms with Crippen molar-refractivity contribution in [3.05, 3.63) is 35.6 Å². The van der Waals surface area contributed by atoms with Crippen LogP contribution in [-0.4, -0.2) is 23.4 Å². The zero-order chi connectivity index (χ0) is 13.3.